The lowest BCUT2D eigenvalue weighted by Gasteiger charge is -2.28. The molecule has 22 heavy (non-hydrogen) atoms. The van der Waals surface area contributed by atoms with Crippen molar-refractivity contribution < 1.29 is 9.84 Å². The molecule has 0 aliphatic carbocycles. The van der Waals surface area contributed by atoms with E-state index in [0.717, 1.165) is 35.8 Å². The van der Waals surface area contributed by atoms with Crippen molar-refractivity contribution in [3.63, 3.8) is 0 Å². The smallest absolute Gasteiger partial charge is 0.180 e. The van der Waals surface area contributed by atoms with Crippen LogP contribution in [0, 0.1) is 0 Å². The number of fused-ring (bicyclic) bond motifs is 1. The first-order chi connectivity index (χ1) is 10.8. The average Bonchev–Trinajstić information content (AvgIpc) is 3.03. The largest absolute Gasteiger partial charge is 0.508 e. The fourth-order valence-electron chi connectivity index (χ4n) is 2.71. The second kappa shape index (κ2) is 5.31. The lowest BCUT2D eigenvalue weighted by atomic mass is 10.1. The van der Waals surface area contributed by atoms with Crippen LogP contribution in [-0.4, -0.2) is 45.8 Å². The highest BCUT2D eigenvalue weighted by atomic mass is 16.5. The molecule has 112 valence electrons. The zero-order valence-electron chi connectivity index (χ0n) is 12.0. The van der Waals surface area contributed by atoms with Crippen molar-refractivity contribution in [3.8, 4) is 17.0 Å². The second-order valence-corrected chi connectivity index (χ2v) is 5.26. The van der Waals surface area contributed by atoms with Gasteiger partial charge >= 0.3 is 0 Å². The number of ether oxygens (including phenoxy) is 1. The molecular weight excluding hydrogens is 280 g/mol. The topological polar surface area (TPSA) is 62.9 Å². The first-order valence-electron chi connectivity index (χ1n) is 7.27. The minimum Gasteiger partial charge on any atom is -0.508 e. The highest BCUT2D eigenvalue weighted by molar-refractivity contribution is 5.70. The van der Waals surface area contributed by atoms with Crippen molar-refractivity contribution in [2.75, 3.05) is 31.2 Å². The number of benzene rings is 1. The number of nitrogens with zero attached hydrogens (tertiary/aromatic N) is 4. The first kappa shape index (κ1) is 13.1. The van der Waals surface area contributed by atoms with E-state index < -0.39 is 0 Å². The van der Waals surface area contributed by atoms with Gasteiger partial charge in [-0.15, -0.1) is 0 Å². The Bertz CT molecular complexity index is 809. The molecule has 1 aromatic carbocycles. The van der Waals surface area contributed by atoms with E-state index in [0.29, 0.717) is 13.2 Å². The van der Waals surface area contributed by atoms with Gasteiger partial charge in [0.25, 0.3) is 0 Å². The number of aromatic hydroxyl groups is 1. The van der Waals surface area contributed by atoms with Crippen LogP contribution in [0.25, 0.3) is 16.9 Å². The van der Waals surface area contributed by atoms with Crippen LogP contribution in [-0.2, 0) is 4.74 Å². The van der Waals surface area contributed by atoms with E-state index in [1.807, 2.05) is 28.9 Å². The minimum atomic E-state index is 0.234. The maximum absolute atomic E-state index is 9.69. The van der Waals surface area contributed by atoms with E-state index in [2.05, 4.69) is 9.88 Å². The Morgan fingerprint density at radius 3 is 2.86 bits per heavy atom. The molecule has 4 rings (SSSR count). The van der Waals surface area contributed by atoms with E-state index in [1.54, 1.807) is 18.3 Å². The summed E-state index contributed by atoms with van der Waals surface area (Å²) in [7, 11) is 0. The van der Waals surface area contributed by atoms with Gasteiger partial charge in [0.15, 0.2) is 11.5 Å². The van der Waals surface area contributed by atoms with Gasteiger partial charge in [-0.3, -0.25) is 0 Å². The fourth-order valence-corrected chi connectivity index (χ4v) is 2.71. The molecule has 6 nitrogen and oxygen atoms in total. The van der Waals surface area contributed by atoms with Gasteiger partial charge in [0.2, 0.25) is 0 Å². The zero-order valence-corrected chi connectivity index (χ0v) is 12.0. The van der Waals surface area contributed by atoms with Gasteiger partial charge in [-0.2, -0.15) is 0 Å². The van der Waals surface area contributed by atoms with Crippen LogP contribution in [0.15, 0.2) is 42.9 Å². The van der Waals surface area contributed by atoms with Crippen LogP contribution < -0.4 is 4.90 Å². The highest BCUT2D eigenvalue weighted by Gasteiger charge is 2.18. The Balaban J connectivity index is 1.86. The Morgan fingerprint density at radius 2 is 2.05 bits per heavy atom. The normalized spacial score (nSPS) is 15.4. The Labute approximate surface area is 127 Å². The van der Waals surface area contributed by atoms with Crippen molar-refractivity contribution in [2.24, 2.45) is 0 Å². The van der Waals surface area contributed by atoms with Crippen LogP contribution in [0.3, 0.4) is 0 Å². The minimum absolute atomic E-state index is 0.234. The average molecular weight is 296 g/mol. The van der Waals surface area contributed by atoms with E-state index in [9.17, 15) is 5.11 Å². The van der Waals surface area contributed by atoms with Crippen LogP contribution in [0.2, 0.25) is 0 Å². The maximum atomic E-state index is 9.69. The molecular formula is C16H16N4O2. The van der Waals surface area contributed by atoms with Crippen LogP contribution in [0.1, 0.15) is 0 Å². The van der Waals surface area contributed by atoms with Crippen molar-refractivity contribution in [3.05, 3.63) is 42.9 Å². The predicted molar refractivity (Wildman–Crippen MR) is 83.1 cm³/mol. The SMILES string of the molecule is Oc1cccc(-c2cn3ccnc3c(N3CCOCC3)n2)c1. The van der Waals surface area contributed by atoms with Crippen molar-refractivity contribution in [1.29, 1.82) is 0 Å². The number of hydrogen-bond acceptors (Lipinski definition) is 5. The summed E-state index contributed by atoms with van der Waals surface area (Å²) < 4.78 is 7.39. The second-order valence-electron chi connectivity index (χ2n) is 5.26. The quantitative estimate of drug-likeness (QED) is 0.783. The third-order valence-corrected chi connectivity index (χ3v) is 3.81. The molecule has 2 aromatic heterocycles. The number of imidazole rings is 1. The number of phenolic OH excluding ortho intramolecular Hbond substituents is 1. The lowest BCUT2D eigenvalue weighted by molar-refractivity contribution is 0.122. The molecule has 1 saturated heterocycles. The number of morpholine rings is 1. The van der Waals surface area contributed by atoms with E-state index in [4.69, 9.17) is 9.72 Å². The molecule has 0 saturated carbocycles. The number of phenols is 1. The van der Waals surface area contributed by atoms with E-state index in [-0.39, 0.29) is 5.75 Å². The molecule has 0 amide bonds. The summed E-state index contributed by atoms with van der Waals surface area (Å²) >= 11 is 0. The molecule has 0 atom stereocenters. The van der Waals surface area contributed by atoms with Gasteiger partial charge in [-0.05, 0) is 12.1 Å². The molecule has 0 unspecified atom stereocenters. The first-order valence-corrected chi connectivity index (χ1v) is 7.27. The summed E-state index contributed by atoms with van der Waals surface area (Å²) in [4.78, 5) is 11.4. The van der Waals surface area contributed by atoms with Gasteiger partial charge in [0.05, 0.1) is 18.9 Å². The molecule has 0 radical (unpaired) electrons. The van der Waals surface area contributed by atoms with Gasteiger partial charge in [0.1, 0.15) is 5.75 Å². The van der Waals surface area contributed by atoms with Gasteiger partial charge in [0, 0.05) is 37.2 Å². The molecule has 6 heteroatoms. The van der Waals surface area contributed by atoms with Crippen molar-refractivity contribution >= 4 is 11.5 Å². The molecule has 1 aliphatic rings. The standard InChI is InChI=1S/C16H16N4O2/c21-13-3-1-2-12(10-13)14-11-20-5-4-17-15(20)16(18-14)19-6-8-22-9-7-19/h1-5,10-11,21H,6-9H2. The third kappa shape index (κ3) is 2.27. The summed E-state index contributed by atoms with van der Waals surface area (Å²) in [5, 5.41) is 9.69. The summed E-state index contributed by atoms with van der Waals surface area (Å²) in [6.07, 6.45) is 5.61. The molecule has 3 heterocycles. The zero-order chi connectivity index (χ0) is 14.9. The molecule has 1 N–H and O–H groups in total. The maximum Gasteiger partial charge on any atom is 0.180 e. The number of aromatic nitrogens is 3. The van der Waals surface area contributed by atoms with Gasteiger partial charge in [-0.1, -0.05) is 12.1 Å². The number of anilines is 1. The van der Waals surface area contributed by atoms with E-state index in [1.165, 1.54) is 0 Å². The number of rotatable bonds is 2. The number of hydrogen-bond donors (Lipinski definition) is 1. The summed E-state index contributed by atoms with van der Waals surface area (Å²) in [5.74, 6) is 1.09. The summed E-state index contributed by atoms with van der Waals surface area (Å²) in [6.45, 7) is 3.01. The highest BCUT2D eigenvalue weighted by Crippen LogP contribution is 2.26. The monoisotopic (exact) mass is 296 g/mol. The Morgan fingerprint density at radius 1 is 1.18 bits per heavy atom. The Kier molecular flexibility index (Phi) is 3.16. The fraction of sp³-hybridized carbons (Fsp3) is 0.250. The van der Waals surface area contributed by atoms with Crippen LogP contribution >= 0.6 is 0 Å². The Hall–Kier alpha value is -2.60. The van der Waals surface area contributed by atoms with Crippen molar-refractivity contribution in [2.45, 2.75) is 0 Å². The van der Waals surface area contributed by atoms with Gasteiger partial charge < -0.3 is 19.1 Å². The molecule has 1 aliphatic heterocycles. The third-order valence-electron chi connectivity index (χ3n) is 3.81. The molecule has 3 aromatic rings. The van der Waals surface area contributed by atoms with E-state index >= 15 is 0 Å². The lowest BCUT2D eigenvalue weighted by Crippen LogP contribution is -2.37. The summed E-state index contributed by atoms with van der Waals surface area (Å²) in [5.41, 5.74) is 2.53. The predicted octanol–water partition coefficient (Wildman–Crippen LogP) is 1.94. The summed E-state index contributed by atoms with van der Waals surface area (Å²) in [6, 6.07) is 7.13. The molecule has 0 bridgehead atoms. The van der Waals surface area contributed by atoms with Crippen LogP contribution in [0.4, 0.5) is 5.82 Å². The molecule has 1 fully saturated rings. The van der Waals surface area contributed by atoms with Gasteiger partial charge in [-0.25, -0.2) is 9.97 Å². The van der Waals surface area contributed by atoms with Crippen molar-refractivity contribution in [1.82, 2.24) is 14.4 Å². The van der Waals surface area contributed by atoms with Crippen LogP contribution in [0.5, 0.6) is 5.75 Å². The molecule has 0 spiro atoms.